The highest BCUT2D eigenvalue weighted by Gasteiger charge is 2.18. The van der Waals surface area contributed by atoms with E-state index in [0.29, 0.717) is 6.04 Å². The van der Waals surface area contributed by atoms with Gasteiger partial charge < -0.3 is 5.11 Å². The van der Waals surface area contributed by atoms with Gasteiger partial charge in [-0.25, -0.2) is 0 Å². The van der Waals surface area contributed by atoms with E-state index in [0.717, 1.165) is 6.42 Å². The highest BCUT2D eigenvalue weighted by atomic mass is 16.3. The minimum atomic E-state index is 0.0685. The number of aliphatic hydroxyl groups is 1. The van der Waals surface area contributed by atoms with Crippen LogP contribution in [0.25, 0.3) is 0 Å². The van der Waals surface area contributed by atoms with Crippen LogP contribution in [-0.2, 0) is 6.42 Å². The Morgan fingerprint density at radius 1 is 1.38 bits per heavy atom. The first kappa shape index (κ1) is 8.73. The monoisotopic (exact) mass is 177 g/mol. The van der Waals surface area contributed by atoms with Gasteiger partial charge in [0.15, 0.2) is 0 Å². The Bertz CT molecular complexity index is 285. The fourth-order valence-electron chi connectivity index (χ4n) is 2.08. The number of rotatable bonds is 2. The summed E-state index contributed by atoms with van der Waals surface area (Å²) < 4.78 is 0. The molecule has 1 aromatic rings. The van der Waals surface area contributed by atoms with Crippen molar-refractivity contribution in [2.24, 2.45) is 0 Å². The van der Waals surface area contributed by atoms with Gasteiger partial charge in [0.2, 0.25) is 0 Å². The molecule has 0 fully saturated rings. The van der Waals surface area contributed by atoms with Crippen LogP contribution in [0.2, 0.25) is 0 Å². The summed E-state index contributed by atoms with van der Waals surface area (Å²) in [4.78, 5) is 0. The standard InChI is InChI=1S/C11H15NO/c13-8-12-11-7-3-5-9-4-1-2-6-10(9)11/h1-2,4,6,11-13H,3,5,7-8H2/t11-/m1/s1. The molecule has 0 spiro atoms. The van der Waals surface area contributed by atoms with Crippen molar-refractivity contribution in [2.75, 3.05) is 6.73 Å². The van der Waals surface area contributed by atoms with Crippen LogP contribution in [0.15, 0.2) is 24.3 Å². The van der Waals surface area contributed by atoms with Gasteiger partial charge in [0.1, 0.15) is 0 Å². The van der Waals surface area contributed by atoms with Crippen LogP contribution in [-0.4, -0.2) is 11.8 Å². The zero-order valence-corrected chi connectivity index (χ0v) is 7.66. The lowest BCUT2D eigenvalue weighted by Gasteiger charge is -2.25. The zero-order valence-electron chi connectivity index (χ0n) is 7.66. The quantitative estimate of drug-likeness (QED) is 0.672. The molecule has 0 amide bonds. The molecule has 0 heterocycles. The number of fused-ring (bicyclic) bond motifs is 1. The van der Waals surface area contributed by atoms with E-state index in [4.69, 9.17) is 5.11 Å². The molecule has 0 saturated carbocycles. The summed E-state index contributed by atoms with van der Waals surface area (Å²) in [6.45, 7) is 0.0685. The van der Waals surface area contributed by atoms with Crippen LogP contribution in [0, 0.1) is 0 Å². The Hall–Kier alpha value is -0.860. The van der Waals surface area contributed by atoms with Crippen LogP contribution in [0.3, 0.4) is 0 Å². The molecule has 2 nitrogen and oxygen atoms in total. The molecule has 13 heavy (non-hydrogen) atoms. The van der Waals surface area contributed by atoms with Crippen LogP contribution >= 0.6 is 0 Å². The number of hydrogen-bond donors (Lipinski definition) is 2. The molecule has 0 bridgehead atoms. The average Bonchev–Trinajstić information content (AvgIpc) is 2.19. The van der Waals surface area contributed by atoms with Gasteiger partial charge in [-0.2, -0.15) is 0 Å². The Morgan fingerprint density at radius 3 is 3.08 bits per heavy atom. The molecule has 0 radical (unpaired) electrons. The van der Waals surface area contributed by atoms with Crippen LogP contribution in [0.5, 0.6) is 0 Å². The highest BCUT2D eigenvalue weighted by molar-refractivity contribution is 5.31. The first-order valence-electron chi connectivity index (χ1n) is 4.84. The Balaban J connectivity index is 2.26. The molecule has 0 aliphatic heterocycles. The minimum absolute atomic E-state index is 0.0685. The van der Waals surface area contributed by atoms with E-state index in [2.05, 4.69) is 29.6 Å². The van der Waals surface area contributed by atoms with E-state index in [1.165, 1.54) is 24.0 Å². The van der Waals surface area contributed by atoms with E-state index >= 15 is 0 Å². The van der Waals surface area contributed by atoms with Gasteiger partial charge in [-0.15, -0.1) is 0 Å². The molecule has 70 valence electrons. The van der Waals surface area contributed by atoms with Gasteiger partial charge in [-0.3, -0.25) is 5.32 Å². The van der Waals surface area contributed by atoms with E-state index < -0.39 is 0 Å². The molecule has 2 rings (SSSR count). The fourth-order valence-corrected chi connectivity index (χ4v) is 2.08. The second-order valence-electron chi connectivity index (χ2n) is 3.51. The SMILES string of the molecule is OCN[C@@H]1CCCc2ccccc21. The van der Waals surface area contributed by atoms with Crippen LogP contribution < -0.4 is 5.32 Å². The highest BCUT2D eigenvalue weighted by Crippen LogP contribution is 2.28. The molecular weight excluding hydrogens is 162 g/mol. The molecule has 1 aromatic carbocycles. The van der Waals surface area contributed by atoms with Crippen molar-refractivity contribution in [1.29, 1.82) is 0 Å². The average molecular weight is 177 g/mol. The maximum absolute atomic E-state index is 8.83. The number of hydrogen-bond acceptors (Lipinski definition) is 2. The molecule has 0 aromatic heterocycles. The lowest BCUT2D eigenvalue weighted by atomic mass is 9.88. The molecule has 0 saturated heterocycles. The van der Waals surface area contributed by atoms with Crippen molar-refractivity contribution in [3.8, 4) is 0 Å². The van der Waals surface area contributed by atoms with Gasteiger partial charge in [0.25, 0.3) is 0 Å². The molecule has 0 unspecified atom stereocenters. The van der Waals surface area contributed by atoms with Crippen LogP contribution in [0.4, 0.5) is 0 Å². The van der Waals surface area contributed by atoms with E-state index in [9.17, 15) is 0 Å². The van der Waals surface area contributed by atoms with Crippen molar-refractivity contribution in [3.05, 3.63) is 35.4 Å². The predicted octanol–water partition coefficient (Wildman–Crippen LogP) is 1.60. The maximum Gasteiger partial charge on any atom is 0.0936 e. The van der Waals surface area contributed by atoms with Crippen molar-refractivity contribution in [2.45, 2.75) is 25.3 Å². The predicted molar refractivity (Wildman–Crippen MR) is 52.3 cm³/mol. The minimum Gasteiger partial charge on any atom is -0.381 e. The molecule has 1 aliphatic rings. The topological polar surface area (TPSA) is 32.3 Å². The Morgan fingerprint density at radius 2 is 2.23 bits per heavy atom. The summed E-state index contributed by atoms with van der Waals surface area (Å²) >= 11 is 0. The molecule has 2 N–H and O–H groups in total. The lowest BCUT2D eigenvalue weighted by molar-refractivity contribution is 0.234. The van der Waals surface area contributed by atoms with Gasteiger partial charge in [-0.1, -0.05) is 24.3 Å². The summed E-state index contributed by atoms with van der Waals surface area (Å²) in [5, 5.41) is 11.9. The molecule has 1 aliphatic carbocycles. The Kier molecular flexibility index (Phi) is 2.62. The summed E-state index contributed by atoms with van der Waals surface area (Å²) in [5.74, 6) is 0. The van der Waals surface area contributed by atoms with Crippen molar-refractivity contribution < 1.29 is 5.11 Å². The number of aliphatic hydroxyl groups excluding tert-OH is 1. The third-order valence-electron chi connectivity index (χ3n) is 2.71. The second-order valence-corrected chi connectivity index (χ2v) is 3.51. The largest absolute Gasteiger partial charge is 0.381 e. The first-order valence-corrected chi connectivity index (χ1v) is 4.84. The number of aryl methyl sites for hydroxylation is 1. The Labute approximate surface area is 78.6 Å². The van der Waals surface area contributed by atoms with Crippen LogP contribution in [0.1, 0.15) is 30.0 Å². The van der Waals surface area contributed by atoms with Crippen molar-refractivity contribution >= 4 is 0 Å². The normalized spacial score (nSPS) is 21.2. The number of benzene rings is 1. The van der Waals surface area contributed by atoms with E-state index in [1.807, 2.05) is 0 Å². The van der Waals surface area contributed by atoms with Gasteiger partial charge in [0.05, 0.1) is 6.73 Å². The third-order valence-corrected chi connectivity index (χ3v) is 2.71. The summed E-state index contributed by atoms with van der Waals surface area (Å²) in [6, 6.07) is 8.84. The molecule has 1 atom stereocenters. The van der Waals surface area contributed by atoms with E-state index in [1.54, 1.807) is 0 Å². The maximum atomic E-state index is 8.83. The van der Waals surface area contributed by atoms with Gasteiger partial charge in [0, 0.05) is 6.04 Å². The molecule has 2 heteroatoms. The number of nitrogens with one attached hydrogen (secondary N) is 1. The first-order chi connectivity index (χ1) is 6.42. The summed E-state index contributed by atoms with van der Waals surface area (Å²) in [5.41, 5.74) is 2.79. The second kappa shape index (κ2) is 3.90. The van der Waals surface area contributed by atoms with Gasteiger partial charge in [-0.05, 0) is 30.4 Å². The van der Waals surface area contributed by atoms with E-state index in [-0.39, 0.29) is 6.73 Å². The zero-order chi connectivity index (χ0) is 9.10. The molecular formula is C11H15NO. The fraction of sp³-hybridized carbons (Fsp3) is 0.455. The summed E-state index contributed by atoms with van der Waals surface area (Å²) in [7, 11) is 0. The van der Waals surface area contributed by atoms with Gasteiger partial charge >= 0.3 is 0 Å². The lowest BCUT2D eigenvalue weighted by Crippen LogP contribution is -2.25. The van der Waals surface area contributed by atoms with Crippen molar-refractivity contribution in [1.82, 2.24) is 5.32 Å². The summed E-state index contributed by atoms with van der Waals surface area (Å²) in [6.07, 6.45) is 3.53. The third kappa shape index (κ3) is 1.74. The van der Waals surface area contributed by atoms with Crippen molar-refractivity contribution in [3.63, 3.8) is 0 Å². The smallest absolute Gasteiger partial charge is 0.0936 e.